The third-order valence-corrected chi connectivity index (χ3v) is 3.45. The quantitative estimate of drug-likeness (QED) is 0.905. The molecule has 1 atom stereocenters. The van der Waals surface area contributed by atoms with E-state index in [2.05, 4.69) is 22.0 Å². The number of benzene rings is 1. The minimum absolute atomic E-state index is 0.277. The smallest absolute Gasteiger partial charge is 0.241 e. The first-order valence-electron chi connectivity index (χ1n) is 6.58. The molecule has 1 fully saturated rings. The molecule has 2 N–H and O–H groups in total. The van der Waals surface area contributed by atoms with Crippen LogP contribution < -0.4 is 5.73 Å². The van der Waals surface area contributed by atoms with Crippen LogP contribution in [0.25, 0.3) is 11.4 Å². The Morgan fingerprint density at radius 3 is 2.84 bits per heavy atom. The Morgan fingerprint density at radius 1 is 1.37 bits per heavy atom. The van der Waals surface area contributed by atoms with E-state index in [4.69, 9.17) is 10.3 Å². The fourth-order valence-corrected chi connectivity index (χ4v) is 2.34. The molecule has 1 unspecified atom stereocenters. The van der Waals surface area contributed by atoms with Crippen molar-refractivity contribution in [2.45, 2.75) is 25.9 Å². The Kier molecular flexibility index (Phi) is 3.31. The van der Waals surface area contributed by atoms with E-state index in [1.54, 1.807) is 0 Å². The van der Waals surface area contributed by atoms with Crippen LogP contribution in [-0.2, 0) is 6.54 Å². The largest absolute Gasteiger partial charge is 0.338 e. The van der Waals surface area contributed by atoms with Crippen molar-refractivity contribution in [3.63, 3.8) is 0 Å². The lowest BCUT2D eigenvalue weighted by Crippen LogP contribution is -2.26. The van der Waals surface area contributed by atoms with E-state index in [1.807, 2.05) is 24.3 Å². The van der Waals surface area contributed by atoms with E-state index in [0.29, 0.717) is 18.3 Å². The van der Waals surface area contributed by atoms with E-state index < -0.39 is 0 Å². The Hall–Kier alpha value is -1.72. The van der Waals surface area contributed by atoms with Gasteiger partial charge in [-0.2, -0.15) is 4.98 Å². The lowest BCUT2D eigenvalue weighted by Gasteiger charge is -2.10. The molecule has 1 aromatic heterocycles. The zero-order chi connectivity index (χ0) is 13.2. The lowest BCUT2D eigenvalue weighted by atomic mass is 10.1. The highest BCUT2D eigenvalue weighted by Gasteiger charge is 2.21. The summed E-state index contributed by atoms with van der Waals surface area (Å²) in [4.78, 5) is 6.69. The summed E-state index contributed by atoms with van der Waals surface area (Å²) in [5.74, 6) is 1.31. The zero-order valence-electron chi connectivity index (χ0n) is 11.0. The van der Waals surface area contributed by atoms with Crippen molar-refractivity contribution in [2.75, 3.05) is 13.1 Å². The number of likely N-dealkylation sites (tertiary alicyclic amines) is 1. The minimum atomic E-state index is 0.277. The molecule has 0 spiro atoms. The molecule has 1 aromatic carbocycles. The van der Waals surface area contributed by atoms with E-state index in [-0.39, 0.29) is 6.04 Å². The number of aryl methyl sites for hydroxylation is 1. The number of hydrogen-bond donors (Lipinski definition) is 1. The molecule has 3 rings (SSSR count). The highest BCUT2D eigenvalue weighted by molar-refractivity contribution is 5.54. The molecule has 0 saturated carbocycles. The van der Waals surface area contributed by atoms with E-state index in [9.17, 15) is 0 Å². The van der Waals surface area contributed by atoms with Gasteiger partial charge in [0.25, 0.3) is 0 Å². The lowest BCUT2D eigenvalue weighted by molar-refractivity contribution is 0.265. The summed E-state index contributed by atoms with van der Waals surface area (Å²) in [5.41, 5.74) is 8.09. The Labute approximate surface area is 112 Å². The number of nitrogens with zero attached hydrogens (tertiary/aromatic N) is 3. The second-order valence-corrected chi connectivity index (χ2v) is 5.16. The van der Waals surface area contributed by atoms with Gasteiger partial charge in [0.15, 0.2) is 0 Å². The first-order chi connectivity index (χ1) is 9.20. The Balaban J connectivity index is 1.71. The first kappa shape index (κ1) is 12.3. The normalized spacial score (nSPS) is 20.0. The van der Waals surface area contributed by atoms with Gasteiger partial charge in [-0.05, 0) is 13.3 Å². The van der Waals surface area contributed by atoms with Crippen molar-refractivity contribution in [1.29, 1.82) is 0 Å². The van der Waals surface area contributed by atoms with Crippen molar-refractivity contribution in [3.8, 4) is 11.4 Å². The highest BCUT2D eigenvalue weighted by atomic mass is 16.5. The van der Waals surface area contributed by atoms with E-state index in [0.717, 1.165) is 25.1 Å². The fraction of sp³-hybridized carbons (Fsp3) is 0.429. The number of rotatable bonds is 3. The maximum Gasteiger partial charge on any atom is 0.241 e. The molecule has 5 heteroatoms. The van der Waals surface area contributed by atoms with Crippen LogP contribution in [0.4, 0.5) is 0 Å². The molecular formula is C14H18N4O. The summed E-state index contributed by atoms with van der Waals surface area (Å²) in [6, 6.07) is 8.39. The van der Waals surface area contributed by atoms with Gasteiger partial charge in [0, 0.05) is 24.7 Å². The number of nitrogens with two attached hydrogens (primary N) is 1. The molecular weight excluding hydrogens is 240 g/mol. The van der Waals surface area contributed by atoms with Crippen LogP contribution in [0.15, 0.2) is 28.8 Å². The van der Waals surface area contributed by atoms with Crippen molar-refractivity contribution in [2.24, 2.45) is 5.73 Å². The summed E-state index contributed by atoms with van der Waals surface area (Å²) in [6.07, 6.45) is 1.04. The number of aromatic nitrogens is 2. The van der Waals surface area contributed by atoms with Gasteiger partial charge >= 0.3 is 0 Å². The molecule has 100 valence electrons. The van der Waals surface area contributed by atoms with Gasteiger partial charge in [-0.1, -0.05) is 35.0 Å². The molecule has 1 aliphatic rings. The van der Waals surface area contributed by atoms with Crippen molar-refractivity contribution in [3.05, 3.63) is 35.7 Å². The van der Waals surface area contributed by atoms with Crippen molar-refractivity contribution in [1.82, 2.24) is 15.0 Å². The molecule has 0 amide bonds. The summed E-state index contributed by atoms with van der Waals surface area (Å²) >= 11 is 0. The Morgan fingerprint density at radius 2 is 2.16 bits per heavy atom. The van der Waals surface area contributed by atoms with Gasteiger partial charge in [-0.3, -0.25) is 4.90 Å². The summed E-state index contributed by atoms with van der Waals surface area (Å²) in [6.45, 7) is 4.65. The molecule has 2 aromatic rings. The van der Waals surface area contributed by atoms with Gasteiger partial charge in [0.1, 0.15) is 0 Å². The van der Waals surface area contributed by atoms with Gasteiger partial charge in [0.05, 0.1) is 6.54 Å². The highest BCUT2D eigenvalue weighted by Crippen LogP contribution is 2.18. The third-order valence-electron chi connectivity index (χ3n) is 3.45. The molecule has 0 aliphatic carbocycles. The monoisotopic (exact) mass is 258 g/mol. The third kappa shape index (κ3) is 2.83. The molecule has 2 heterocycles. The molecule has 19 heavy (non-hydrogen) atoms. The SMILES string of the molecule is Cc1ccc(-c2noc(CN3CCC(N)C3)n2)cc1. The summed E-state index contributed by atoms with van der Waals surface area (Å²) in [7, 11) is 0. The summed E-state index contributed by atoms with van der Waals surface area (Å²) in [5, 5.41) is 4.03. The maximum atomic E-state index is 5.88. The topological polar surface area (TPSA) is 68.2 Å². The Bertz CT molecular complexity index is 549. The molecule has 5 nitrogen and oxygen atoms in total. The van der Waals surface area contributed by atoms with Gasteiger partial charge in [-0.15, -0.1) is 0 Å². The van der Waals surface area contributed by atoms with Crippen LogP contribution in [0, 0.1) is 6.92 Å². The summed E-state index contributed by atoms with van der Waals surface area (Å²) < 4.78 is 5.30. The average molecular weight is 258 g/mol. The van der Waals surface area contributed by atoms with Crippen molar-refractivity contribution >= 4 is 0 Å². The fourth-order valence-electron chi connectivity index (χ4n) is 2.34. The van der Waals surface area contributed by atoms with Crippen LogP contribution in [0.3, 0.4) is 0 Å². The van der Waals surface area contributed by atoms with Gasteiger partial charge < -0.3 is 10.3 Å². The molecule has 0 radical (unpaired) electrons. The van der Waals surface area contributed by atoms with Gasteiger partial charge in [-0.25, -0.2) is 0 Å². The minimum Gasteiger partial charge on any atom is -0.338 e. The van der Waals surface area contributed by atoms with E-state index in [1.165, 1.54) is 5.56 Å². The van der Waals surface area contributed by atoms with Crippen LogP contribution in [0.2, 0.25) is 0 Å². The second-order valence-electron chi connectivity index (χ2n) is 5.16. The predicted octanol–water partition coefficient (Wildman–Crippen LogP) is 1.58. The first-order valence-corrected chi connectivity index (χ1v) is 6.58. The standard InChI is InChI=1S/C14H18N4O/c1-10-2-4-11(5-3-10)14-16-13(19-17-14)9-18-7-6-12(15)8-18/h2-5,12H,6-9,15H2,1H3. The maximum absolute atomic E-state index is 5.88. The molecule has 1 aliphatic heterocycles. The second kappa shape index (κ2) is 5.11. The molecule has 1 saturated heterocycles. The van der Waals surface area contributed by atoms with Crippen molar-refractivity contribution < 1.29 is 4.52 Å². The molecule has 0 bridgehead atoms. The van der Waals surface area contributed by atoms with Crippen LogP contribution in [0.1, 0.15) is 17.9 Å². The van der Waals surface area contributed by atoms with Gasteiger partial charge in [0.2, 0.25) is 11.7 Å². The predicted molar refractivity (Wildman–Crippen MR) is 72.3 cm³/mol. The van der Waals surface area contributed by atoms with Crippen LogP contribution in [-0.4, -0.2) is 34.2 Å². The van der Waals surface area contributed by atoms with Crippen LogP contribution >= 0.6 is 0 Å². The van der Waals surface area contributed by atoms with Crippen LogP contribution in [0.5, 0.6) is 0 Å². The zero-order valence-corrected chi connectivity index (χ0v) is 11.0. The average Bonchev–Trinajstić information content (AvgIpc) is 3.00. The van der Waals surface area contributed by atoms with E-state index >= 15 is 0 Å². The number of hydrogen-bond acceptors (Lipinski definition) is 5.